The predicted octanol–water partition coefficient (Wildman–Crippen LogP) is 1.68. The summed E-state index contributed by atoms with van der Waals surface area (Å²) in [6, 6.07) is 0. The molecule has 2 aromatic rings. The molecule has 0 spiro atoms. The Bertz CT molecular complexity index is 574. The molecule has 0 bridgehead atoms. The van der Waals surface area contributed by atoms with Gasteiger partial charge >= 0.3 is 0 Å². The van der Waals surface area contributed by atoms with E-state index in [4.69, 9.17) is 0 Å². The highest BCUT2D eigenvalue weighted by molar-refractivity contribution is 5.83. The Morgan fingerprint density at radius 2 is 2.05 bits per heavy atom. The third-order valence-electron chi connectivity index (χ3n) is 3.79. The maximum Gasteiger partial charge on any atom is 0.226 e. The molecule has 7 heteroatoms. The van der Waals surface area contributed by atoms with E-state index in [0.717, 1.165) is 31.0 Å². The summed E-state index contributed by atoms with van der Waals surface area (Å²) in [6.07, 6.45) is 5.67. The van der Waals surface area contributed by atoms with Gasteiger partial charge in [-0.1, -0.05) is 6.42 Å². The highest BCUT2D eigenvalue weighted by Gasteiger charge is 2.11. The second-order valence-electron chi connectivity index (χ2n) is 5.36. The van der Waals surface area contributed by atoms with Crippen molar-refractivity contribution in [2.24, 2.45) is 0 Å². The number of nitrogens with one attached hydrogen (secondary N) is 3. The molecule has 0 aromatic carbocycles. The van der Waals surface area contributed by atoms with Crippen molar-refractivity contribution in [2.45, 2.75) is 26.2 Å². The molecular formula is C14H23N7. The number of fused-ring (bicyclic) bond motifs is 1. The molecule has 3 N–H and O–H groups in total. The number of aromatic amines is 1. The highest BCUT2D eigenvalue weighted by Crippen LogP contribution is 2.18. The molecule has 0 saturated carbocycles. The number of H-pyrrole nitrogens is 1. The summed E-state index contributed by atoms with van der Waals surface area (Å²) in [4.78, 5) is 18.7. The Balaban J connectivity index is 1.65. The molecule has 0 aliphatic carbocycles. The van der Waals surface area contributed by atoms with Gasteiger partial charge in [-0.15, -0.1) is 0 Å². The Labute approximate surface area is 124 Å². The Morgan fingerprint density at radius 1 is 1.19 bits per heavy atom. The van der Waals surface area contributed by atoms with Crippen LogP contribution in [0.15, 0.2) is 6.33 Å². The van der Waals surface area contributed by atoms with E-state index < -0.39 is 0 Å². The maximum atomic E-state index is 4.52. The number of likely N-dealkylation sites (tertiary alicyclic amines) is 1. The summed E-state index contributed by atoms with van der Waals surface area (Å²) in [7, 11) is 0. The van der Waals surface area contributed by atoms with E-state index in [0.29, 0.717) is 11.6 Å². The zero-order valence-corrected chi connectivity index (χ0v) is 12.5. The Hall–Kier alpha value is -1.89. The monoisotopic (exact) mass is 289 g/mol. The molecule has 1 fully saturated rings. The van der Waals surface area contributed by atoms with Crippen molar-refractivity contribution in [3.63, 3.8) is 0 Å². The highest BCUT2D eigenvalue weighted by atomic mass is 15.2. The van der Waals surface area contributed by atoms with Gasteiger partial charge in [0, 0.05) is 19.6 Å². The molecule has 1 aliphatic heterocycles. The minimum atomic E-state index is 0.623. The number of rotatable bonds is 6. The van der Waals surface area contributed by atoms with Gasteiger partial charge in [-0.05, 0) is 32.9 Å². The smallest absolute Gasteiger partial charge is 0.226 e. The Kier molecular flexibility index (Phi) is 4.49. The van der Waals surface area contributed by atoms with E-state index in [1.807, 2.05) is 6.92 Å². The lowest BCUT2D eigenvalue weighted by molar-refractivity contribution is 0.237. The van der Waals surface area contributed by atoms with Crippen LogP contribution in [0, 0.1) is 0 Å². The third-order valence-corrected chi connectivity index (χ3v) is 3.79. The first kappa shape index (κ1) is 14.1. The van der Waals surface area contributed by atoms with Crippen LogP contribution in [-0.2, 0) is 0 Å². The summed E-state index contributed by atoms with van der Waals surface area (Å²) < 4.78 is 0. The average molecular weight is 289 g/mol. The molecule has 7 nitrogen and oxygen atoms in total. The molecule has 2 aromatic heterocycles. The van der Waals surface area contributed by atoms with Crippen LogP contribution in [0.2, 0.25) is 0 Å². The molecule has 21 heavy (non-hydrogen) atoms. The first-order chi connectivity index (χ1) is 10.4. The van der Waals surface area contributed by atoms with Gasteiger partial charge in [0.15, 0.2) is 11.5 Å². The van der Waals surface area contributed by atoms with Crippen LogP contribution in [0.3, 0.4) is 0 Å². The van der Waals surface area contributed by atoms with Crippen molar-refractivity contribution in [1.82, 2.24) is 24.8 Å². The lowest BCUT2D eigenvalue weighted by atomic mass is 10.1. The molecule has 1 saturated heterocycles. The minimum absolute atomic E-state index is 0.623. The minimum Gasteiger partial charge on any atom is -0.367 e. The Morgan fingerprint density at radius 3 is 2.86 bits per heavy atom. The van der Waals surface area contributed by atoms with E-state index >= 15 is 0 Å². The zero-order chi connectivity index (χ0) is 14.5. The average Bonchev–Trinajstić information content (AvgIpc) is 2.97. The van der Waals surface area contributed by atoms with Gasteiger partial charge in [0.1, 0.15) is 5.52 Å². The fourth-order valence-electron chi connectivity index (χ4n) is 2.71. The van der Waals surface area contributed by atoms with E-state index in [9.17, 15) is 0 Å². The number of anilines is 2. The molecule has 3 rings (SSSR count). The topological polar surface area (TPSA) is 81.8 Å². The summed E-state index contributed by atoms with van der Waals surface area (Å²) >= 11 is 0. The van der Waals surface area contributed by atoms with Crippen molar-refractivity contribution < 1.29 is 0 Å². The number of piperidine rings is 1. The lowest BCUT2D eigenvalue weighted by Crippen LogP contribution is -2.33. The van der Waals surface area contributed by atoms with Crippen molar-refractivity contribution in [3.8, 4) is 0 Å². The lowest BCUT2D eigenvalue weighted by Gasteiger charge is -2.26. The second kappa shape index (κ2) is 6.71. The molecule has 1 aliphatic rings. The van der Waals surface area contributed by atoms with Gasteiger partial charge in [0.05, 0.1) is 6.33 Å². The molecule has 3 heterocycles. The quantitative estimate of drug-likeness (QED) is 0.750. The fraction of sp³-hybridized carbons (Fsp3) is 0.643. The maximum absolute atomic E-state index is 4.52. The van der Waals surface area contributed by atoms with E-state index in [1.54, 1.807) is 6.33 Å². The van der Waals surface area contributed by atoms with Crippen LogP contribution in [0.4, 0.5) is 11.8 Å². The molecule has 0 radical (unpaired) electrons. The molecule has 0 amide bonds. The summed E-state index contributed by atoms with van der Waals surface area (Å²) in [5, 5.41) is 6.56. The van der Waals surface area contributed by atoms with Crippen molar-refractivity contribution in [3.05, 3.63) is 6.33 Å². The SMILES string of the molecule is CCNc1nc(NCCN2CCCCC2)c2[nH]cnc2n1. The fourth-order valence-corrected chi connectivity index (χ4v) is 2.71. The van der Waals surface area contributed by atoms with Crippen LogP contribution in [0.5, 0.6) is 0 Å². The summed E-state index contributed by atoms with van der Waals surface area (Å²) in [5.41, 5.74) is 1.57. The number of hydrogen-bond donors (Lipinski definition) is 3. The largest absolute Gasteiger partial charge is 0.367 e. The van der Waals surface area contributed by atoms with Crippen molar-refractivity contribution in [2.75, 3.05) is 43.4 Å². The summed E-state index contributed by atoms with van der Waals surface area (Å²) in [6.45, 7) is 7.19. The predicted molar refractivity (Wildman–Crippen MR) is 84.6 cm³/mol. The number of imidazole rings is 1. The standard InChI is InChI=1S/C14H23N7/c1-2-15-14-19-12(11-13(20-14)18-10-17-11)16-6-9-21-7-4-3-5-8-21/h10H,2-9H2,1H3,(H3,15,16,17,18,19,20). The normalized spacial score (nSPS) is 16.2. The van der Waals surface area contributed by atoms with Crippen LogP contribution < -0.4 is 10.6 Å². The van der Waals surface area contributed by atoms with Crippen molar-refractivity contribution >= 4 is 22.9 Å². The molecule has 0 atom stereocenters. The number of aromatic nitrogens is 4. The second-order valence-corrected chi connectivity index (χ2v) is 5.36. The van der Waals surface area contributed by atoms with Crippen LogP contribution >= 0.6 is 0 Å². The molecular weight excluding hydrogens is 266 g/mol. The van der Waals surface area contributed by atoms with E-state index in [-0.39, 0.29) is 0 Å². The van der Waals surface area contributed by atoms with Crippen LogP contribution in [0.25, 0.3) is 11.2 Å². The number of hydrogen-bond acceptors (Lipinski definition) is 6. The van der Waals surface area contributed by atoms with Gasteiger partial charge in [-0.3, -0.25) is 0 Å². The van der Waals surface area contributed by atoms with E-state index in [2.05, 4.69) is 35.5 Å². The first-order valence-corrected chi connectivity index (χ1v) is 7.78. The third kappa shape index (κ3) is 3.41. The van der Waals surface area contributed by atoms with Gasteiger partial charge in [-0.2, -0.15) is 9.97 Å². The van der Waals surface area contributed by atoms with E-state index in [1.165, 1.54) is 32.4 Å². The first-order valence-electron chi connectivity index (χ1n) is 7.78. The number of nitrogens with zero attached hydrogens (tertiary/aromatic N) is 4. The summed E-state index contributed by atoms with van der Waals surface area (Å²) in [5.74, 6) is 1.45. The molecule has 0 unspecified atom stereocenters. The molecule has 114 valence electrons. The van der Waals surface area contributed by atoms with Gasteiger partial charge < -0.3 is 20.5 Å². The van der Waals surface area contributed by atoms with Crippen molar-refractivity contribution in [1.29, 1.82) is 0 Å². The van der Waals surface area contributed by atoms with Crippen LogP contribution in [0.1, 0.15) is 26.2 Å². The zero-order valence-electron chi connectivity index (χ0n) is 12.5. The van der Waals surface area contributed by atoms with Gasteiger partial charge in [-0.25, -0.2) is 4.98 Å². The van der Waals surface area contributed by atoms with Gasteiger partial charge in [0.25, 0.3) is 0 Å². The van der Waals surface area contributed by atoms with Gasteiger partial charge in [0.2, 0.25) is 5.95 Å². The van der Waals surface area contributed by atoms with Crippen LogP contribution in [-0.4, -0.2) is 57.6 Å².